The summed E-state index contributed by atoms with van der Waals surface area (Å²) in [5, 5.41) is 0. The lowest BCUT2D eigenvalue weighted by atomic mass is 10.00. The fraction of sp³-hybridized carbons (Fsp3) is 0.455. The van der Waals surface area contributed by atoms with Gasteiger partial charge in [0, 0.05) is 12.3 Å². The van der Waals surface area contributed by atoms with E-state index in [-0.39, 0.29) is 0 Å². The average molecular weight is 146 g/mol. The van der Waals surface area contributed by atoms with Gasteiger partial charge in [-0.2, -0.15) is 0 Å². The first-order valence-electron chi connectivity index (χ1n) is 3.85. The van der Waals surface area contributed by atoms with Crippen LogP contribution in [0.3, 0.4) is 0 Å². The molecule has 0 amide bonds. The summed E-state index contributed by atoms with van der Waals surface area (Å²) in [5.41, 5.74) is 0. The molecule has 0 spiro atoms. The summed E-state index contributed by atoms with van der Waals surface area (Å²) in [7, 11) is 0. The topological polar surface area (TPSA) is 0 Å². The average Bonchev–Trinajstić information content (AvgIpc) is 2.03. The van der Waals surface area contributed by atoms with E-state index in [0.29, 0.717) is 5.92 Å². The van der Waals surface area contributed by atoms with Gasteiger partial charge in [-0.3, -0.25) is 0 Å². The minimum Gasteiger partial charge on any atom is -0.120 e. The highest BCUT2D eigenvalue weighted by Crippen LogP contribution is 2.11. The highest BCUT2D eigenvalue weighted by atomic mass is 14.0. The van der Waals surface area contributed by atoms with E-state index in [4.69, 9.17) is 12.8 Å². The van der Waals surface area contributed by atoms with Crippen molar-refractivity contribution in [1.82, 2.24) is 0 Å². The lowest BCUT2D eigenvalue weighted by Gasteiger charge is -2.04. The Hall–Kier alpha value is -1.14. The van der Waals surface area contributed by atoms with E-state index in [2.05, 4.69) is 18.4 Å². The fourth-order valence-electron chi connectivity index (χ4n) is 0.921. The van der Waals surface area contributed by atoms with Gasteiger partial charge in [0.15, 0.2) is 0 Å². The highest BCUT2D eigenvalue weighted by Gasteiger charge is 2.00. The van der Waals surface area contributed by atoms with E-state index in [9.17, 15) is 0 Å². The second-order valence-corrected chi connectivity index (χ2v) is 2.48. The molecule has 0 saturated carbocycles. The van der Waals surface area contributed by atoms with Gasteiger partial charge < -0.3 is 0 Å². The third kappa shape index (κ3) is 5.31. The molecular weight excluding hydrogens is 132 g/mol. The van der Waals surface area contributed by atoms with E-state index < -0.39 is 0 Å². The van der Waals surface area contributed by atoms with Gasteiger partial charge in [0.05, 0.1) is 0 Å². The Bertz CT molecular complexity index is 175. The SMILES string of the molecule is C#CCCCC(C#C)CC=C. The second kappa shape index (κ2) is 6.97. The standard InChI is InChI=1S/C11H14/c1-4-7-8-10-11(6-3)9-5-2/h1,3,5,11H,2,7-10H2. The molecule has 0 aromatic heterocycles. The van der Waals surface area contributed by atoms with Crippen LogP contribution in [0.4, 0.5) is 0 Å². The van der Waals surface area contributed by atoms with Gasteiger partial charge in [0.1, 0.15) is 0 Å². The molecule has 0 fully saturated rings. The lowest BCUT2D eigenvalue weighted by Crippen LogP contribution is -1.94. The maximum atomic E-state index is 5.29. The Labute approximate surface area is 69.7 Å². The van der Waals surface area contributed by atoms with Gasteiger partial charge in [-0.05, 0) is 19.3 Å². The highest BCUT2D eigenvalue weighted by molar-refractivity contribution is 4.96. The summed E-state index contributed by atoms with van der Waals surface area (Å²) in [6.45, 7) is 3.64. The summed E-state index contributed by atoms with van der Waals surface area (Å²) in [5.74, 6) is 5.65. The maximum absolute atomic E-state index is 5.29. The Balaban J connectivity index is 3.47. The normalized spacial score (nSPS) is 11.1. The molecular formula is C11H14. The van der Waals surface area contributed by atoms with E-state index >= 15 is 0 Å². The van der Waals surface area contributed by atoms with Crippen molar-refractivity contribution in [1.29, 1.82) is 0 Å². The summed E-state index contributed by atoms with van der Waals surface area (Å²) < 4.78 is 0. The van der Waals surface area contributed by atoms with Crippen LogP contribution in [0.25, 0.3) is 0 Å². The van der Waals surface area contributed by atoms with Crippen LogP contribution in [0.1, 0.15) is 25.7 Å². The van der Waals surface area contributed by atoms with Crippen LogP contribution in [0, 0.1) is 30.6 Å². The van der Waals surface area contributed by atoms with Crippen LogP contribution in [0.5, 0.6) is 0 Å². The third-order valence-electron chi connectivity index (χ3n) is 1.56. The van der Waals surface area contributed by atoms with Crippen molar-refractivity contribution in [2.24, 2.45) is 5.92 Å². The first-order chi connectivity index (χ1) is 5.35. The number of terminal acetylenes is 2. The zero-order valence-corrected chi connectivity index (χ0v) is 6.84. The van der Waals surface area contributed by atoms with Crippen LogP contribution in [0.15, 0.2) is 12.7 Å². The third-order valence-corrected chi connectivity index (χ3v) is 1.56. The monoisotopic (exact) mass is 146 g/mol. The molecule has 0 aliphatic heterocycles. The predicted octanol–water partition coefficient (Wildman–Crippen LogP) is 2.62. The zero-order chi connectivity index (χ0) is 8.53. The number of hydrogen-bond donors (Lipinski definition) is 0. The molecule has 0 rings (SSSR count). The van der Waals surface area contributed by atoms with Gasteiger partial charge >= 0.3 is 0 Å². The molecule has 0 aliphatic carbocycles. The van der Waals surface area contributed by atoms with Gasteiger partial charge in [-0.15, -0.1) is 31.3 Å². The van der Waals surface area contributed by atoms with Gasteiger partial charge in [-0.1, -0.05) is 6.08 Å². The van der Waals surface area contributed by atoms with Crippen LogP contribution >= 0.6 is 0 Å². The summed E-state index contributed by atoms with van der Waals surface area (Å²) in [6.07, 6.45) is 16.0. The van der Waals surface area contributed by atoms with Crippen molar-refractivity contribution in [2.45, 2.75) is 25.7 Å². The molecule has 0 aliphatic rings. The summed E-state index contributed by atoms with van der Waals surface area (Å²) >= 11 is 0. The van der Waals surface area contributed by atoms with Crippen molar-refractivity contribution in [2.75, 3.05) is 0 Å². The van der Waals surface area contributed by atoms with Crippen LogP contribution in [-0.4, -0.2) is 0 Å². The fourth-order valence-corrected chi connectivity index (χ4v) is 0.921. The van der Waals surface area contributed by atoms with Crippen LogP contribution < -0.4 is 0 Å². The second-order valence-electron chi connectivity index (χ2n) is 2.48. The quantitative estimate of drug-likeness (QED) is 0.318. The molecule has 0 heteroatoms. The molecule has 0 saturated heterocycles. The Morgan fingerprint density at radius 2 is 2.18 bits per heavy atom. The van der Waals surface area contributed by atoms with E-state index in [1.165, 1.54) is 0 Å². The van der Waals surface area contributed by atoms with E-state index in [1.807, 2.05) is 6.08 Å². The molecule has 0 heterocycles. The Morgan fingerprint density at radius 1 is 1.45 bits per heavy atom. The Morgan fingerprint density at radius 3 is 2.64 bits per heavy atom. The molecule has 0 aromatic carbocycles. The molecule has 0 nitrogen and oxygen atoms in total. The van der Waals surface area contributed by atoms with Crippen molar-refractivity contribution in [3.63, 3.8) is 0 Å². The Kier molecular flexibility index (Phi) is 6.25. The molecule has 0 radical (unpaired) electrons. The van der Waals surface area contributed by atoms with Crippen LogP contribution in [0.2, 0.25) is 0 Å². The maximum Gasteiger partial charge on any atom is 0.0234 e. The van der Waals surface area contributed by atoms with Crippen molar-refractivity contribution in [3.8, 4) is 24.7 Å². The smallest absolute Gasteiger partial charge is 0.0234 e. The number of allylic oxidation sites excluding steroid dienone is 1. The number of rotatable bonds is 5. The van der Waals surface area contributed by atoms with Crippen molar-refractivity contribution >= 4 is 0 Å². The molecule has 0 bridgehead atoms. The minimum atomic E-state index is 0.334. The first kappa shape index (κ1) is 9.86. The zero-order valence-electron chi connectivity index (χ0n) is 6.84. The first-order valence-corrected chi connectivity index (χ1v) is 3.85. The molecule has 1 unspecified atom stereocenters. The molecule has 58 valence electrons. The van der Waals surface area contributed by atoms with Crippen LogP contribution in [-0.2, 0) is 0 Å². The van der Waals surface area contributed by atoms with E-state index in [1.54, 1.807) is 0 Å². The minimum absolute atomic E-state index is 0.334. The summed E-state index contributed by atoms with van der Waals surface area (Å²) in [4.78, 5) is 0. The van der Waals surface area contributed by atoms with Gasteiger partial charge in [0.2, 0.25) is 0 Å². The number of hydrogen-bond acceptors (Lipinski definition) is 0. The lowest BCUT2D eigenvalue weighted by molar-refractivity contribution is 0.593. The molecule has 11 heavy (non-hydrogen) atoms. The van der Waals surface area contributed by atoms with Gasteiger partial charge in [-0.25, -0.2) is 0 Å². The van der Waals surface area contributed by atoms with Crippen molar-refractivity contribution < 1.29 is 0 Å². The van der Waals surface area contributed by atoms with Crippen molar-refractivity contribution in [3.05, 3.63) is 12.7 Å². The molecule has 1 atom stereocenters. The van der Waals surface area contributed by atoms with E-state index in [0.717, 1.165) is 25.7 Å². The summed E-state index contributed by atoms with van der Waals surface area (Å²) in [6, 6.07) is 0. The largest absolute Gasteiger partial charge is 0.120 e. The number of unbranched alkanes of at least 4 members (excludes halogenated alkanes) is 1. The molecule has 0 N–H and O–H groups in total. The van der Waals surface area contributed by atoms with Gasteiger partial charge in [0.25, 0.3) is 0 Å². The predicted molar refractivity (Wildman–Crippen MR) is 49.8 cm³/mol. The molecule has 0 aromatic rings.